The molecule has 1 unspecified atom stereocenters. The Hall–Kier alpha value is -2.40. The maximum Gasteiger partial charge on any atom is 0.337 e. The van der Waals surface area contributed by atoms with Crippen LogP contribution in [0.3, 0.4) is 0 Å². The summed E-state index contributed by atoms with van der Waals surface area (Å²) in [5.74, 6) is -0.797. The van der Waals surface area contributed by atoms with Gasteiger partial charge >= 0.3 is 5.97 Å². The highest BCUT2D eigenvalue weighted by molar-refractivity contribution is 6.32. The molecule has 21 heavy (non-hydrogen) atoms. The van der Waals surface area contributed by atoms with E-state index in [9.17, 15) is 9.59 Å². The van der Waals surface area contributed by atoms with E-state index in [1.54, 1.807) is 42.6 Å². The quantitative estimate of drug-likeness (QED) is 0.696. The number of hydrogen-bond donors (Lipinski definition) is 1. The maximum absolute atomic E-state index is 12.0. The number of amides is 1. The van der Waals surface area contributed by atoms with Gasteiger partial charge in [0.15, 0.2) is 0 Å². The number of nitrogens with zero attached hydrogens (tertiary/aromatic N) is 1. The van der Waals surface area contributed by atoms with Crippen LogP contribution in [0.2, 0.25) is 0 Å². The molecule has 1 aromatic heterocycles. The molecule has 1 amide bonds. The largest absolute Gasteiger partial charge is 0.465 e. The first-order chi connectivity index (χ1) is 10.1. The van der Waals surface area contributed by atoms with Gasteiger partial charge in [0.2, 0.25) is 5.91 Å². The summed E-state index contributed by atoms with van der Waals surface area (Å²) in [6.45, 7) is 0. The molecule has 0 radical (unpaired) electrons. The predicted octanol–water partition coefficient (Wildman–Crippen LogP) is 2.79. The average molecular weight is 305 g/mol. The lowest BCUT2D eigenvalue weighted by atomic mass is 10.2. The van der Waals surface area contributed by atoms with Crippen LogP contribution in [0.4, 0.5) is 5.69 Å². The van der Waals surface area contributed by atoms with Crippen LogP contribution >= 0.6 is 11.6 Å². The lowest BCUT2D eigenvalue weighted by Gasteiger charge is -2.10. The smallest absolute Gasteiger partial charge is 0.337 e. The minimum absolute atomic E-state index is 0.365. The molecule has 0 aliphatic carbocycles. The van der Waals surface area contributed by atoms with Crippen molar-refractivity contribution in [3.8, 4) is 0 Å². The molecular formula is C15H13ClN2O3. The second-order valence-electron chi connectivity index (χ2n) is 4.21. The topological polar surface area (TPSA) is 68.3 Å². The molecule has 0 aliphatic heterocycles. The number of nitrogens with one attached hydrogen (secondary N) is 1. The van der Waals surface area contributed by atoms with Crippen molar-refractivity contribution in [2.45, 2.75) is 5.38 Å². The number of halogens is 1. The molecular weight excluding hydrogens is 292 g/mol. The van der Waals surface area contributed by atoms with Crippen molar-refractivity contribution in [3.05, 3.63) is 59.9 Å². The lowest BCUT2D eigenvalue weighted by molar-refractivity contribution is -0.116. The van der Waals surface area contributed by atoms with E-state index in [1.807, 2.05) is 0 Å². The van der Waals surface area contributed by atoms with Crippen molar-refractivity contribution in [1.29, 1.82) is 0 Å². The number of anilines is 1. The summed E-state index contributed by atoms with van der Waals surface area (Å²) in [6.07, 6.45) is 3.15. The zero-order valence-corrected chi connectivity index (χ0v) is 12.0. The van der Waals surface area contributed by atoms with Gasteiger partial charge in [0.1, 0.15) is 5.38 Å². The van der Waals surface area contributed by atoms with Crippen LogP contribution in [0, 0.1) is 0 Å². The van der Waals surface area contributed by atoms with Crippen molar-refractivity contribution in [1.82, 2.24) is 4.98 Å². The molecule has 0 fully saturated rings. The third-order valence-corrected chi connectivity index (χ3v) is 3.23. The molecule has 0 spiro atoms. The van der Waals surface area contributed by atoms with E-state index >= 15 is 0 Å². The Morgan fingerprint density at radius 1 is 1.24 bits per heavy atom. The molecule has 5 nitrogen and oxygen atoms in total. The van der Waals surface area contributed by atoms with E-state index in [4.69, 9.17) is 11.6 Å². The number of esters is 1. The standard InChI is InChI=1S/C15H13ClN2O3/c1-21-15(20)10-4-6-12(7-5-10)18-14(19)13(16)11-3-2-8-17-9-11/h2-9,13H,1H3,(H,18,19). The first kappa shape index (κ1) is 15.0. The van der Waals surface area contributed by atoms with E-state index < -0.39 is 11.3 Å². The van der Waals surface area contributed by atoms with E-state index in [1.165, 1.54) is 13.3 Å². The molecule has 0 aliphatic rings. The Morgan fingerprint density at radius 2 is 1.95 bits per heavy atom. The number of hydrogen-bond acceptors (Lipinski definition) is 4. The number of benzene rings is 1. The van der Waals surface area contributed by atoms with Gasteiger partial charge in [-0.15, -0.1) is 11.6 Å². The zero-order valence-electron chi connectivity index (χ0n) is 11.2. The number of carbonyl (C=O) groups excluding carboxylic acids is 2. The molecule has 1 N–H and O–H groups in total. The second kappa shape index (κ2) is 6.85. The fraction of sp³-hybridized carbons (Fsp3) is 0.133. The van der Waals surface area contributed by atoms with Crippen LogP contribution in [0.15, 0.2) is 48.8 Å². The van der Waals surface area contributed by atoms with Crippen LogP contribution in [0.5, 0.6) is 0 Å². The van der Waals surface area contributed by atoms with Crippen molar-refractivity contribution >= 4 is 29.2 Å². The van der Waals surface area contributed by atoms with Crippen LogP contribution in [-0.2, 0) is 9.53 Å². The predicted molar refractivity (Wildman–Crippen MR) is 79.2 cm³/mol. The minimum Gasteiger partial charge on any atom is -0.465 e. The number of alkyl halides is 1. The van der Waals surface area contributed by atoms with E-state index in [0.29, 0.717) is 16.8 Å². The SMILES string of the molecule is COC(=O)c1ccc(NC(=O)C(Cl)c2cccnc2)cc1. The molecule has 0 saturated heterocycles. The molecule has 2 rings (SSSR count). The van der Waals surface area contributed by atoms with Crippen LogP contribution in [0.25, 0.3) is 0 Å². The maximum atomic E-state index is 12.0. The van der Waals surface area contributed by atoms with Crippen LogP contribution < -0.4 is 5.32 Å². The first-order valence-corrected chi connectivity index (χ1v) is 6.58. The summed E-state index contributed by atoms with van der Waals surface area (Å²) in [7, 11) is 1.31. The van der Waals surface area contributed by atoms with Crippen LogP contribution in [-0.4, -0.2) is 24.0 Å². The molecule has 1 heterocycles. The molecule has 1 aromatic carbocycles. The molecule has 2 aromatic rings. The normalized spacial score (nSPS) is 11.5. The van der Waals surface area contributed by atoms with Crippen molar-refractivity contribution < 1.29 is 14.3 Å². The zero-order chi connectivity index (χ0) is 15.2. The Labute approximate surface area is 126 Å². The molecule has 108 valence electrons. The Balaban J connectivity index is 2.04. The van der Waals surface area contributed by atoms with Gasteiger partial charge in [-0.3, -0.25) is 9.78 Å². The summed E-state index contributed by atoms with van der Waals surface area (Å²) in [5.41, 5.74) is 1.57. The summed E-state index contributed by atoms with van der Waals surface area (Å²) in [6, 6.07) is 9.78. The first-order valence-electron chi connectivity index (χ1n) is 6.15. The summed E-state index contributed by atoms with van der Waals surface area (Å²) >= 11 is 6.08. The van der Waals surface area contributed by atoms with Crippen molar-refractivity contribution in [2.75, 3.05) is 12.4 Å². The monoisotopic (exact) mass is 304 g/mol. The van der Waals surface area contributed by atoms with Gasteiger partial charge < -0.3 is 10.1 Å². The van der Waals surface area contributed by atoms with Gasteiger partial charge in [-0.05, 0) is 35.9 Å². The molecule has 0 saturated carbocycles. The van der Waals surface area contributed by atoms with Gasteiger partial charge in [-0.2, -0.15) is 0 Å². The number of ether oxygens (including phenoxy) is 1. The van der Waals surface area contributed by atoms with Gasteiger partial charge in [-0.25, -0.2) is 4.79 Å². The summed E-state index contributed by atoms with van der Waals surface area (Å²) < 4.78 is 4.60. The van der Waals surface area contributed by atoms with E-state index in [2.05, 4.69) is 15.0 Å². The Morgan fingerprint density at radius 3 is 2.52 bits per heavy atom. The van der Waals surface area contributed by atoms with Gasteiger partial charge in [-0.1, -0.05) is 6.07 Å². The molecule has 6 heteroatoms. The summed E-state index contributed by atoms with van der Waals surface area (Å²) in [5, 5.41) is 1.84. The fourth-order valence-corrected chi connectivity index (χ4v) is 1.87. The van der Waals surface area contributed by atoms with Crippen molar-refractivity contribution in [3.63, 3.8) is 0 Å². The van der Waals surface area contributed by atoms with Gasteiger partial charge in [0.25, 0.3) is 0 Å². The highest BCUT2D eigenvalue weighted by Gasteiger charge is 2.18. The lowest BCUT2D eigenvalue weighted by Crippen LogP contribution is -2.17. The summed E-state index contributed by atoms with van der Waals surface area (Å²) in [4.78, 5) is 27.2. The van der Waals surface area contributed by atoms with E-state index in [-0.39, 0.29) is 5.91 Å². The third-order valence-electron chi connectivity index (χ3n) is 2.78. The Kier molecular flexibility index (Phi) is 4.90. The Bertz CT molecular complexity index is 629. The van der Waals surface area contributed by atoms with Gasteiger partial charge in [0.05, 0.1) is 12.7 Å². The number of carbonyl (C=O) groups is 2. The minimum atomic E-state index is -0.834. The number of methoxy groups -OCH3 is 1. The number of aromatic nitrogens is 1. The fourth-order valence-electron chi connectivity index (χ4n) is 1.69. The highest BCUT2D eigenvalue weighted by Crippen LogP contribution is 2.21. The van der Waals surface area contributed by atoms with E-state index in [0.717, 1.165) is 0 Å². The molecule has 0 bridgehead atoms. The number of rotatable bonds is 4. The second-order valence-corrected chi connectivity index (χ2v) is 4.64. The van der Waals surface area contributed by atoms with Crippen molar-refractivity contribution in [2.24, 2.45) is 0 Å². The van der Waals surface area contributed by atoms with Gasteiger partial charge in [0, 0.05) is 18.1 Å². The highest BCUT2D eigenvalue weighted by atomic mass is 35.5. The number of pyridine rings is 1. The van der Waals surface area contributed by atoms with Crippen LogP contribution in [0.1, 0.15) is 21.3 Å². The molecule has 1 atom stereocenters. The average Bonchev–Trinajstić information content (AvgIpc) is 2.55. The third kappa shape index (κ3) is 3.79.